The second kappa shape index (κ2) is 9.58. The average Bonchev–Trinajstić information content (AvgIpc) is 3.57. The molecule has 1 aliphatic heterocycles. The van der Waals surface area contributed by atoms with Gasteiger partial charge in [-0.25, -0.2) is 22.8 Å². The van der Waals surface area contributed by atoms with E-state index in [9.17, 15) is 17.6 Å². The third kappa shape index (κ3) is 5.02. The number of pyridine rings is 2. The van der Waals surface area contributed by atoms with Crippen molar-refractivity contribution in [2.24, 2.45) is 0 Å². The van der Waals surface area contributed by atoms with E-state index < -0.39 is 21.6 Å². The van der Waals surface area contributed by atoms with E-state index in [2.05, 4.69) is 9.97 Å². The number of carbonyl (C=O) groups is 1. The highest BCUT2D eigenvalue weighted by Crippen LogP contribution is 2.33. The molecule has 0 atom stereocenters. The number of nitrogens with zero attached hydrogens (tertiary/aromatic N) is 3. The minimum atomic E-state index is -3.88. The monoisotopic (exact) mass is 548 g/mol. The summed E-state index contributed by atoms with van der Waals surface area (Å²) in [4.78, 5) is 23.6. The first-order valence-electron chi connectivity index (χ1n) is 12.4. The van der Waals surface area contributed by atoms with Crippen molar-refractivity contribution in [3.8, 4) is 5.88 Å². The van der Waals surface area contributed by atoms with Crippen molar-refractivity contribution in [1.29, 1.82) is 0 Å². The molecule has 0 bridgehead atoms. The standard InChI is InChI=1S/C28H25FN4O5S/c1-39(35,36)25-11-18(29)4-8-24(25)33(28(34)17-3-9-26(31-12-17)38-19-5-6-19)13-16-2-7-20-21-14-37-15-22(21)27(30)32-23(20)10-16/h2-4,7-12,19H,5-6,13-15H2,1H3,(H2,30,32). The molecule has 2 N–H and O–H groups in total. The van der Waals surface area contributed by atoms with Gasteiger partial charge in [-0.2, -0.15) is 0 Å². The van der Waals surface area contributed by atoms with Gasteiger partial charge in [0.25, 0.3) is 5.91 Å². The normalized spacial score (nSPS) is 14.8. The first-order chi connectivity index (χ1) is 18.7. The lowest BCUT2D eigenvalue weighted by Gasteiger charge is -2.25. The van der Waals surface area contributed by atoms with Crippen molar-refractivity contribution in [2.45, 2.75) is 43.6 Å². The lowest BCUT2D eigenvalue weighted by Crippen LogP contribution is -2.32. The molecule has 11 heteroatoms. The maximum absolute atomic E-state index is 14.1. The highest BCUT2D eigenvalue weighted by atomic mass is 32.2. The van der Waals surface area contributed by atoms with Gasteiger partial charge in [-0.15, -0.1) is 0 Å². The first-order valence-corrected chi connectivity index (χ1v) is 14.3. The van der Waals surface area contributed by atoms with Crippen LogP contribution in [0.2, 0.25) is 0 Å². The van der Waals surface area contributed by atoms with Gasteiger partial charge in [0.1, 0.15) is 17.7 Å². The Balaban J connectivity index is 1.41. The average molecular weight is 549 g/mol. The number of nitrogens with two attached hydrogens (primary N) is 1. The molecular weight excluding hydrogens is 523 g/mol. The minimum absolute atomic E-state index is 0.0155. The minimum Gasteiger partial charge on any atom is -0.474 e. The van der Waals surface area contributed by atoms with Gasteiger partial charge < -0.3 is 20.1 Å². The molecule has 39 heavy (non-hydrogen) atoms. The summed E-state index contributed by atoms with van der Waals surface area (Å²) in [7, 11) is -3.88. The molecule has 0 spiro atoms. The van der Waals surface area contributed by atoms with Gasteiger partial charge in [0.05, 0.1) is 41.4 Å². The predicted molar refractivity (Wildman–Crippen MR) is 143 cm³/mol. The highest BCUT2D eigenvalue weighted by Gasteiger charge is 2.27. The Labute approximate surface area is 224 Å². The number of amides is 1. The fourth-order valence-corrected chi connectivity index (χ4v) is 5.55. The van der Waals surface area contributed by atoms with Crippen molar-refractivity contribution in [3.63, 3.8) is 0 Å². The van der Waals surface area contributed by atoms with E-state index in [0.717, 1.165) is 47.7 Å². The smallest absolute Gasteiger partial charge is 0.260 e. The van der Waals surface area contributed by atoms with Crippen LogP contribution in [0.1, 0.15) is 39.9 Å². The topological polar surface area (TPSA) is 125 Å². The van der Waals surface area contributed by atoms with Gasteiger partial charge in [0, 0.05) is 29.5 Å². The van der Waals surface area contributed by atoms with Crippen LogP contribution in [0.25, 0.3) is 10.9 Å². The first kappa shape index (κ1) is 25.2. The maximum atomic E-state index is 14.1. The lowest BCUT2D eigenvalue weighted by atomic mass is 10.0. The number of halogens is 1. The van der Waals surface area contributed by atoms with Crippen LogP contribution in [0.3, 0.4) is 0 Å². The van der Waals surface area contributed by atoms with E-state index in [4.69, 9.17) is 15.2 Å². The Bertz CT molecular complexity index is 1720. The third-order valence-corrected chi connectivity index (χ3v) is 7.91. The second-order valence-corrected chi connectivity index (χ2v) is 11.8. The van der Waals surface area contributed by atoms with Crippen molar-refractivity contribution >= 4 is 38.2 Å². The Hall–Kier alpha value is -4.09. The molecule has 0 unspecified atom stereocenters. The van der Waals surface area contributed by atoms with Gasteiger partial charge in [-0.05, 0) is 54.3 Å². The fraction of sp³-hybridized carbons (Fsp3) is 0.250. The Morgan fingerprint density at radius 1 is 1.13 bits per heavy atom. The highest BCUT2D eigenvalue weighted by molar-refractivity contribution is 7.90. The zero-order valence-corrected chi connectivity index (χ0v) is 21.9. The van der Waals surface area contributed by atoms with Gasteiger partial charge >= 0.3 is 0 Å². The van der Waals surface area contributed by atoms with Crippen LogP contribution in [0, 0.1) is 5.82 Å². The second-order valence-electron chi connectivity index (χ2n) is 9.78. The largest absolute Gasteiger partial charge is 0.474 e. The summed E-state index contributed by atoms with van der Waals surface area (Å²) in [5.41, 5.74) is 9.59. The van der Waals surface area contributed by atoms with E-state index in [1.807, 2.05) is 12.1 Å². The van der Waals surface area contributed by atoms with Gasteiger partial charge in [0.2, 0.25) is 5.88 Å². The fourth-order valence-electron chi connectivity index (χ4n) is 4.66. The van der Waals surface area contributed by atoms with Gasteiger partial charge in [-0.3, -0.25) is 4.79 Å². The molecule has 9 nitrogen and oxygen atoms in total. The van der Waals surface area contributed by atoms with E-state index in [-0.39, 0.29) is 28.8 Å². The molecule has 1 fully saturated rings. The lowest BCUT2D eigenvalue weighted by molar-refractivity contribution is 0.0984. The molecule has 0 saturated heterocycles. The summed E-state index contributed by atoms with van der Waals surface area (Å²) in [6.45, 7) is 0.827. The molecule has 0 radical (unpaired) electrons. The van der Waals surface area contributed by atoms with Gasteiger partial charge in [-0.1, -0.05) is 12.1 Å². The van der Waals surface area contributed by atoms with Crippen LogP contribution in [0.5, 0.6) is 5.88 Å². The number of benzene rings is 2. The molecule has 1 amide bonds. The molecule has 4 aromatic rings. The summed E-state index contributed by atoms with van der Waals surface area (Å²) in [6.07, 6.45) is 4.46. The maximum Gasteiger partial charge on any atom is 0.260 e. The molecular formula is C28H25FN4O5S. The van der Waals surface area contributed by atoms with Crippen molar-refractivity contribution in [2.75, 3.05) is 16.9 Å². The van der Waals surface area contributed by atoms with Crippen molar-refractivity contribution in [3.05, 3.63) is 82.8 Å². The van der Waals surface area contributed by atoms with Crippen LogP contribution in [0.4, 0.5) is 15.9 Å². The van der Waals surface area contributed by atoms with Crippen LogP contribution in [-0.4, -0.2) is 36.7 Å². The molecule has 2 aliphatic rings. The number of rotatable bonds is 7. The molecule has 2 aromatic heterocycles. The summed E-state index contributed by atoms with van der Waals surface area (Å²) in [5.74, 6) is -0.436. The van der Waals surface area contributed by atoms with Crippen molar-refractivity contribution in [1.82, 2.24) is 9.97 Å². The Morgan fingerprint density at radius 3 is 2.64 bits per heavy atom. The summed E-state index contributed by atoms with van der Waals surface area (Å²) >= 11 is 0. The molecule has 200 valence electrons. The summed E-state index contributed by atoms with van der Waals surface area (Å²) in [6, 6.07) is 12.1. The molecule has 1 aliphatic carbocycles. The molecule has 1 saturated carbocycles. The van der Waals surface area contributed by atoms with Crippen LogP contribution in [-0.2, 0) is 34.3 Å². The van der Waals surface area contributed by atoms with E-state index in [1.54, 1.807) is 18.2 Å². The molecule has 3 heterocycles. The van der Waals surface area contributed by atoms with Crippen LogP contribution >= 0.6 is 0 Å². The number of carbonyl (C=O) groups excluding carboxylic acids is 1. The predicted octanol–water partition coefficient (Wildman–Crippen LogP) is 4.17. The number of anilines is 2. The van der Waals surface area contributed by atoms with Crippen molar-refractivity contribution < 1.29 is 27.1 Å². The zero-order chi connectivity index (χ0) is 27.3. The number of ether oxygens (including phenoxy) is 2. The van der Waals surface area contributed by atoms with E-state index in [0.29, 0.717) is 36.0 Å². The molecule has 2 aromatic carbocycles. The third-order valence-electron chi connectivity index (χ3n) is 6.79. The van der Waals surface area contributed by atoms with E-state index >= 15 is 0 Å². The quantitative estimate of drug-likeness (QED) is 0.365. The summed E-state index contributed by atoms with van der Waals surface area (Å²) in [5, 5.41) is 0.896. The SMILES string of the molecule is CS(=O)(=O)c1cc(F)ccc1N(Cc1ccc2c3c(c(N)nc2c1)COC3)C(=O)c1ccc(OC2CC2)nc1. The summed E-state index contributed by atoms with van der Waals surface area (Å²) < 4.78 is 50.6. The molecule has 6 rings (SSSR count). The number of hydrogen-bond acceptors (Lipinski definition) is 8. The number of sulfone groups is 1. The Kier molecular flexibility index (Phi) is 6.19. The number of hydrogen-bond donors (Lipinski definition) is 1. The number of aromatic nitrogens is 2. The van der Waals surface area contributed by atoms with Crippen LogP contribution < -0.4 is 15.4 Å². The van der Waals surface area contributed by atoms with Gasteiger partial charge in [0.15, 0.2) is 9.84 Å². The Morgan fingerprint density at radius 2 is 1.92 bits per heavy atom. The van der Waals surface area contributed by atoms with E-state index in [1.165, 1.54) is 17.2 Å². The number of fused-ring (bicyclic) bond motifs is 3. The number of nitrogen functional groups attached to an aromatic ring is 1. The van der Waals surface area contributed by atoms with Crippen LogP contribution in [0.15, 0.2) is 59.6 Å². The zero-order valence-electron chi connectivity index (χ0n) is 21.1.